The van der Waals surface area contributed by atoms with Gasteiger partial charge in [-0.3, -0.25) is 9.48 Å². The lowest BCUT2D eigenvalue weighted by Gasteiger charge is -2.38. The largest absolute Gasteiger partial charge is 0.371 e. The van der Waals surface area contributed by atoms with Gasteiger partial charge in [-0.15, -0.1) is 0 Å². The molecule has 0 atom stereocenters. The number of hydrogen-bond acceptors (Lipinski definition) is 5. The highest BCUT2D eigenvalue weighted by Gasteiger charge is 2.26. The molecule has 36 heavy (non-hydrogen) atoms. The Hall–Kier alpha value is -3.58. The van der Waals surface area contributed by atoms with Gasteiger partial charge in [-0.25, -0.2) is 0 Å². The van der Waals surface area contributed by atoms with Crippen LogP contribution in [0.5, 0.6) is 0 Å². The third-order valence-corrected chi connectivity index (χ3v) is 8.00. The Labute approximate surface area is 211 Å². The molecule has 4 heterocycles. The number of hydrogen-bond donors (Lipinski definition) is 1. The van der Waals surface area contributed by atoms with Gasteiger partial charge in [0.2, 0.25) is 0 Å². The van der Waals surface area contributed by atoms with Gasteiger partial charge >= 0.3 is 0 Å². The van der Waals surface area contributed by atoms with Crippen molar-refractivity contribution < 1.29 is 0 Å². The molecule has 2 aromatic carbocycles. The Kier molecular flexibility index (Phi) is 5.60. The molecule has 6 rings (SSSR count). The van der Waals surface area contributed by atoms with E-state index in [1.54, 1.807) is 0 Å². The molecule has 7 heteroatoms. The third kappa shape index (κ3) is 3.78. The first-order valence-corrected chi connectivity index (χ1v) is 12.9. The number of nitrogens with zero attached hydrogens (tertiary/aromatic N) is 5. The number of likely N-dealkylation sites (N-methyl/N-ethyl adjacent to an activating group) is 1. The van der Waals surface area contributed by atoms with Gasteiger partial charge in [-0.1, -0.05) is 6.07 Å². The molecule has 1 fully saturated rings. The molecule has 1 N–H and O–H groups in total. The van der Waals surface area contributed by atoms with Crippen molar-refractivity contribution >= 4 is 28.0 Å². The standard InChI is InChI=1S/C29H34N6O/c1-19-13-24-26(34(4)29(19)36)15-22(20-7-9-30-10-8-20)16-27(24)35-12-11-32(2)28-14-21(5-6-25(28)35)23-17-31-33(3)18-23/h5-6,13-18,20,30H,7-12H2,1-4H3. The predicted octanol–water partition coefficient (Wildman–Crippen LogP) is 4.30. The zero-order valence-electron chi connectivity index (χ0n) is 21.6. The summed E-state index contributed by atoms with van der Waals surface area (Å²) >= 11 is 0. The van der Waals surface area contributed by atoms with Crippen LogP contribution in [0.1, 0.15) is 29.9 Å². The van der Waals surface area contributed by atoms with Gasteiger partial charge in [-0.2, -0.15) is 5.10 Å². The molecule has 2 aromatic heterocycles. The van der Waals surface area contributed by atoms with Gasteiger partial charge in [-0.05, 0) is 80.2 Å². The van der Waals surface area contributed by atoms with Gasteiger partial charge in [0.25, 0.3) is 5.56 Å². The first kappa shape index (κ1) is 22.9. The van der Waals surface area contributed by atoms with E-state index in [9.17, 15) is 4.79 Å². The summed E-state index contributed by atoms with van der Waals surface area (Å²) < 4.78 is 3.68. The molecule has 7 nitrogen and oxygen atoms in total. The summed E-state index contributed by atoms with van der Waals surface area (Å²) in [7, 11) is 6.03. The van der Waals surface area contributed by atoms with E-state index in [-0.39, 0.29) is 5.56 Å². The first-order chi connectivity index (χ1) is 17.4. The molecular weight excluding hydrogens is 448 g/mol. The van der Waals surface area contributed by atoms with Crippen molar-refractivity contribution in [3.05, 3.63) is 70.3 Å². The summed E-state index contributed by atoms with van der Waals surface area (Å²) in [6.07, 6.45) is 6.22. The summed E-state index contributed by atoms with van der Waals surface area (Å²) in [6.45, 7) is 5.82. The van der Waals surface area contributed by atoms with Crippen LogP contribution in [0, 0.1) is 6.92 Å². The van der Waals surface area contributed by atoms with Gasteiger partial charge in [0.05, 0.1) is 28.8 Å². The van der Waals surface area contributed by atoms with Crippen molar-refractivity contribution in [1.82, 2.24) is 19.7 Å². The minimum Gasteiger partial charge on any atom is -0.371 e. The molecule has 0 spiro atoms. The first-order valence-electron chi connectivity index (χ1n) is 12.9. The minimum absolute atomic E-state index is 0.0794. The molecule has 1 saturated heterocycles. The third-order valence-electron chi connectivity index (χ3n) is 8.00. The van der Waals surface area contributed by atoms with Crippen LogP contribution < -0.4 is 20.7 Å². The normalized spacial score (nSPS) is 16.6. The van der Waals surface area contributed by atoms with Crippen molar-refractivity contribution in [2.24, 2.45) is 14.1 Å². The number of pyridine rings is 1. The average Bonchev–Trinajstić information content (AvgIpc) is 3.34. The molecule has 0 saturated carbocycles. The maximum Gasteiger partial charge on any atom is 0.253 e. The number of aryl methyl sites for hydroxylation is 3. The van der Waals surface area contributed by atoms with Gasteiger partial charge in [0.1, 0.15) is 0 Å². The van der Waals surface area contributed by atoms with Crippen LogP contribution in [-0.4, -0.2) is 47.6 Å². The summed E-state index contributed by atoms with van der Waals surface area (Å²) in [6, 6.07) is 13.5. The summed E-state index contributed by atoms with van der Waals surface area (Å²) in [4.78, 5) is 17.7. The number of anilines is 3. The summed E-state index contributed by atoms with van der Waals surface area (Å²) in [5.41, 5.74) is 9.11. The Bertz CT molecular complexity index is 1510. The second-order valence-corrected chi connectivity index (χ2v) is 10.4. The lowest BCUT2D eigenvalue weighted by atomic mass is 9.88. The Morgan fingerprint density at radius 1 is 0.917 bits per heavy atom. The van der Waals surface area contributed by atoms with E-state index in [1.807, 2.05) is 36.5 Å². The average molecular weight is 483 g/mol. The van der Waals surface area contributed by atoms with Crippen LogP contribution in [0.3, 0.4) is 0 Å². The van der Waals surface area contributed by atoms with Crippen LogP contribution in [-0.2, 0) is 14.1 Å². The molecule has 4 aromatic rings. The highest BCUT2D eigenvalue weighted by Crippen LogP contribution is 2.43. The number of fused-ring (bicyclic) bond motifs is 2. The molecule has 2 aliphatic rings. The molecule has 186 valence electrons. The second kappa shape index (κ2) is 8.82. The van der Waals surface area contributed by atoms with Crippen molar-refractivity contribution in [3.63, 3.8) is 0 Å². The smallest absolute Gasteiger partial charge is 0.253 e. The number of piperidine rings is 1. The lowest BCUT2D eigenvalue weighted by Crippen LogP contribution is -2.37. The molecule has 0 amide bonds. The Balaban J connectivity index is 1.54. The summed E-state index contributed by atoms with van der Waals surface area (Å²) in [5, 5.41) is 8.99. The van der Waals surface area contributed by atoms with Crippen molar-refractivity contribution in [1.29, 1.82) is 0 Å². The Morgan fingerprint density at radius 2 is 1.72 bits per heavy atom. The summed E-state index contributed by atoms with van der Waals surface area (Å²) in [5.74, 6) is 0.505. The zero-order chi connectivity index (χ0) is 25.0. The number of aromatic nitrogens is 3. The van der Waals surface area contributed by atoms with E-state index in [1.165, 1.54) is 28.2 Å². The van der Waals surface area contributed by atoms with Crippen LogP contribution in [0.25, 0.3) is 22.0 Å². The van der Waals surface area contributed by atoms with E-state index in [2.05, 4.69) is 69.9 Å². The fraction of sp³-hybridized carbons (Fsp3) is 0.379. The quantitative estimate of drug-likeness (QED) is 0.472. The van der Waals surface area contributed by atoms with Crippen LogP contribution >= 0.6 is 0 Å². The highest BCUT2D eigenvalue weighted by atomic mass is 16.1. The van der Waals surface area contributed by atoms with Gasteiger partial charge in [0, 0.05) is 56.9 Å². The van der Waals surface area contributed by atoms with Crippen LogP contribution in [0.2, 0.25) is 0 Å². The zero-order valence-corrected chi connectivity index (χ0v) is 21.6. The van der Waals surface area contributed by atoms with E-state index < -0.39 is 0 Å². The topological polar surface area (TPSA) is 58.3 Å². The van der Waals surface area contributed by atoms with Crippen molar-refractivity contribution in [2.75, 3.05) is 43.0 Å². The fourth-order valence-electron chi connectivity index (χ4n) is 5.88. The molecule has 0 bridgehead atoms. The van der Waals surface area contributed by atoms with E-state index in [0.29, 0.717) is 5.92 Å². The molecule has 0 radical (unpaired) electrons. The van der Waals surface area contributed by atoms with Crippen molar-refractivity contribution in [2.45, 2.75) is 25.7 Å². The lowest BCUT2D eigenvalue weighted by molar-refractivity contribution is 0.460. The monoisotopic (exact) mass is 482 g/mol. The van der Waals surface area contributed by atoms with Crippen LogP contribution in [0.15, 0.2) is 53.6 Å². The Morgan fingerprint density at radius 3 is 2.47 bits per heavy atom. The SMILES string of the molecule is Cc1cc2c(N3CCN(C)c4cc(-c5cnn(C)c5)ccc43)cc(C3CCNCC3)cc2n(C)c1=O. The molecule has 2 aliphatic heterocycles. The number of benzene rings is 2. The number of nitrogens with one attached hydrogen (secondary N) is 1. The van der Waals surface area contributed by atoms with E-state index in [4.69, 9.17) is 0 Å². The van der Waals surface area contributed by atoms with E-state index in [0.717, 1.165) is 61.1 Å². The predicted molar refractivity (Wildman–Crippen MR) is 148 cm³/mol. The second-order valence-electron chi connectivity index (χ2n) is 10.4. The maximum atomic E-state index is 12.9. The maximum absolute atomic E-state index is 12.9. The fourth-order valence-corrected chi connectivity index (χ4v) is 5.88. The molecule has 0 aliphatic carbocycles. The molecular formula is C29H34N6O. The minimum atomic E-state index is 0.0794. The number of rotatable bonds is 3. The molecule has 0 unspecified atom stereocenters. The van der Waals surface area contributed by atoms with Gasteiger partial charge in [0.15, 0.2) is 0 Å². The highest BCUT2D eigenvalue weighted by molar-refractivity contribution is 5.97. The van der Waals surface area contributed by atoms with E-state index >= 15 is 0 Å². The van der Waals surface area contributed by atoms with Gasteiger partial charge < -0.3 is 19.7 Å². The van der Waals surface area contributed by atoms with Crippen molar-refractivity contribution in [3.8, 4) is 11.1 Å². The van der Waals surface area contributed by atoms with Crippen LogP contribution in [0.4, 0.5) is 17.1 Å².